The summed E-state index contributed by atoms with van der Waals surface area (Å²) in [6.07, 6.45) is 1.70. The maximum atomic E-state index is 12.9. The Morgan fingerprint density at radius 2 is 1.81 bits per heavy atom. The molecule has 1 aromatic heterocycles. The predicted octanol–water partition coefficient (Wildman–Crippen LogP) is 6.37. The molecule has 2 heterocycles. The van der Waals surface area contributed by atoms with Gasteiger partial charge in [0.05, 0.1) is 16.0 Å². The van der Waals surface area contributed by atoms with Crippen LogP contribution >= 0.6 is 46.9 Å². The Morgan fingerprint density at radius 3 is 2.58 bits per heavy atom. The number of carbonyl (C=O) groups is 2. The first-order chi connectivity index (χ1) is 17.4. The summed E-state index contributed by atoms with van der Waals surface area (Å²) in [4.78, 5) is 39.0. The number of nitrogens with zero attached hydrogens (tertiary/aromatic N) is 1. The highest BCUT2D eigenvalue weighted by molar-refractivity contribution is 8.26. The fourth-order valence-electron chi connectivity index (χ4n) is 3.70. The third-order valence-corrected chi connectivity index (χ3v) is 7.91. The molecule has 0 N–H and O–H groups in total. The number of halogens is 1. The van der Waals surface area contributed by atoms with E-state index < -0.39 is 10.9 Å². The van der Waals surface area contributed by atoms with Crippen molar-refractivity contribution in [3.8, 4) is 16.9 Å². The lowest BCUT2D eigenvalue weighted by Gasteiger charge is -2.15. The zero-order chi connectivity index (χ0) is 25.2. The van der Waals surface area contributed by atoms with Gasteiger partial charge in [-0.05, 0) is 29.8 Å². The number of hydrogen-bond donors (Lipinski definition) is 0. The van der Waals surface area contributed by atoms with Crippen LogP contribution in [-0.2, 0) is 9.59 Å². The summed E-state index contributed by atoms with van der Waals surface area (Å²) in [5.41, 5.74) is 2.37. The van der Waals surface area contributed by atoms with Gasteiger partial charge in [-0.15, -0.1) is 0 Å². The highest BCUT2D eigenvalue weighted by Crippen LogP contribution is 2.42. The summed E-state index contributed by atoms with van der Waals surface area (Å²) in [6, 6.07) is 19.7. The number of esters is 1. The fourth-order valence-corrected chi connectivity index (χ4v) is 6.06. The highest BCUT2D eigenvalue weighted by atomic mass is 35.5. The molecule has 1 amide bonds. The van der Waals surface area contributed by atoms with E-state index in [9.17, 15) is 14.4 Å². The standard InChI is InChI=1S/C26H16ClNO5S3/c27-17-9-5-4-8-16(17)22-18(10-11-19-23(22)36-26(31)33-19)32-21(29)12-13-28-24(30)20(35-25(28)34)14-15-6-2-1-3-7-15/h1-11,14H,12-13H2. The number of amides is 1. The van der Waals surface area contributed by atoms with E-state index in [0.29, 0.717) is 35.7 Å². The van der Waals surface area contributed by atoms with Gasteiger partial charge >= 0.3 is 10.9 Å². The average molecular weight is 554 g/mol. The van der Waals surface area contributed by atoms with Gasteiger partial charge in [-0.1, -0.05) is 95.4 Å². The molecule has 1 aliphatic heterocycles. The van der Waals surface area contributed by atoms with E-state index in [-0.39, 0.29) is 24.6 Å². The molecule has 0 atom stereocenters. The molecule has 10 heteroatoms. The first-order valence-corrected chi connectivity index (χ1v) is 13.2. The summed E-state index contributed by atoms with van der Waals surface area (Å²) < 4.78 is 11.8. The lowest BCUT2D eigenvalue weighted by molar-refractivity contribution is -0.134. The smallest absolute Gasteiger partial charge is 0.396 e. The molecule has 5 rings (SSSR count). The summed E-state index contributed by atoms with van der Waals surface area (Å²) in [6.45, 7) is 0.0817. The van der Waals surface area contributed by atoms with Crippen molar-refractivity contribution in [3.05, 3.63) is 92.0 Å². The molecular formula is C26H16ClNO5S3. The molecule has 0 unspecified atom stereocenters. The van der Waals surface area contributed by atoms with Crippen molar-refractivity contribution in [2.24, 2.45) is 0 Å². The number of fused-ring (bicyclic) bond motifs is 1. The minimum absolute atomic E-state index is 0.0767. The van der Waals surface area contributed by atoms with E-state index in [0.717, 1.165) is 16.9 Å². The lowest BCUT2D eigenvalue weighted by Crippen LogP contribution is -2.31. The van der Waals surface area contributed by atoms with E-state index in [1.54, 1.807) is 42.5 Å². The number of thioether (sulfide) groups is 1. The van der Waals surface area contributed by atoms with Gasteiger partial charge < -0.3 is 9.15 Å². The van der Waals surface area contributed by atoms with Gasteiger partial charge in [0.1, 0.15) is 15.7 Å². The van der Waals surface area contributed by atoms with Crippen LogP contribution in [-0.4, -0.2) is 27.6 Å². The number of thiocarbonyl (C=S) groups is 1. The molecule has 4 aromatic rings. The van der Waals surface area contributed by atoms with Gasteiger partial charge in [0.25, 0.3) is 5.91 Å². The van der Waals surface area contributed by atoms with Crippen LogP contribution in [0.1, 0.15) is 12.0 Å². The first-order valence-electron chi connectivity index (χ1n) is 10.7. The van der Waals surface area contributed by atoms with Crippen LogP contribution in [0, 0.1) is 0 Å². The topological polar surface area (TPSA) is 76.8 Å². The van der Waals surface area contributed by atoms with Crippen LogP contribution in [0.2, 0.25) is 5.02 Å². The lowest BCUT2D eigenvalue weighted by atomic mass is 10.0. The molecule has 180 valence electrons. The van der Waals surface area contributed by atoms with E-state index in [1.165, 1.54) is 16.7 Å². The Labute approximate surface area is 224 Å². The Bertz CT molecular complexity index is 1590. The SMILES string of the molecule is O=C(CCN1C(=O)C(=Cc2ccccc2)SC1=S)Oc1ccc2oc(=O)sc2c1-c1ccccc1Cl. The minimum atomic E-state index is -0.556. The van der Waals surface area contributed by atoms with Crippen LogP contribution < -0.4 is 9.68 Å². The number of ether oxygens (including phenoxy) is 1. The molecular weight excluding hydrogens is 538 g/mol. The monoisotopic (exact) mass is 553 g/mol. The van der Waals surface area contributed by atoms with Gasteiger partial charge in [0, 0.05) is 22.7 Å². The molecule has 6 nitrogen and oxygen atoms in total. The molecule has 0 bridgehead atoms. The maximum Gasteiger partial charge on any atom is 0.396 e. The van der Waals surface area contributed by atoms with Crippen molar-refractivity contribution in [3.63, 3.8) is 0 Å². The largest absolute Gasteiger partial charge is 0.426 e. The molecule has 1 aliphatic rings. The quantitative estimate of drug-likeness (QED) is 0.119. The van der Waals surface area contributed by atoms with Crippen molar-refractivity contribution in [1.82, 2.24) is 4.90 Å². The molecule has 0 radical (unpaired) electrons. The molecule has 1 fully saturated rings. The average Bonchev–Trinajstić information content (AvgIpc) is 3.37. The third kappa shape index (κ3) is 5.01. The van der Waals surface area contributed by atoms with Crippen molar-refractivity contribution >= 4 is 79.5 Å². The van der Waals surface area contributed by atoms with Crippen LogP contribution in [0.15, 0.2) is 80.8 Å². The number of benzene rings is 3. The summed E-state index contributed by atoms with van der Waals surface area (Å²) >= 11 is 13.9. The predicted molar refractivity (Wildman–Crippen MR) is 147 cm³/mol. The number of hydrogen-bond acceptors (Lipinski definition) is 8. The second-order valence-corrected chi connectivity index (χ2v) is 10.7. The van der Waals surface area contributed by atoms with Crippen LogP contribution in [0.3, 0.4) is 0 Å². The molecule has 0 aliphatic carbocycles. The zero-order valence-corrected chi connectivity index (χ0v) is 21.6. The molecule has 36 heavy (non-hydrogen) atoms. The van der Waals surface area contributed by atoms with Crippen molar-refractivity contribution in [2.75, 3.05) is 6.54 Å². The Morgan fingerprint density at radius 1 is 1.06 bits per heavy atom. The Hall–Kier alpha value is -3.24. The van der Waals surface area contributed by atoms with E-state index in [1.807, 2.05) is 30.3 Å². The molecule has 3 aromatic carbocycles. The van der Waals surface area contributed by atoms with Crippen molar-refractivity contribution < 1.29 is 18.7 Å². The van der Waals surface area contributed by atoms with Crippen LogP contribution in [0.5, 0.6) is 5.75 Å². The summed E-state index contributed by atoms with van der Waals surface area (Å²) in [7, 11) is 0. The second kappa shape index (κ2) is 10.4. The second-order valence-electron chi connectivity index (χ2n) is 7.67. The van der Waals surface area contributed by atoms with Crippen LogP contribution in [0.4, 0.5) is 0 Å². The van der Waals surface area contributed by atoms with Gasteiger partial charge in [-0.3, -0.25) is 14.5 Å². The molecule has 0 saturated carbocycles. The summed E-state index contributed by atoms with van der Waals surface area (Å²) in [5, 5.41) is 0.436. The Kier molecular flexibility index (Phi) is 7.06. The maximum absolute atomic E-state index is 12.9. The fraction of sp³-hybridized carbons (Fsp3) is 0.0769. The normalized spacial score (nSPS) is 14.7. The highest BCUT2D eigenvalue weighted by Gasteiger charge is 2.32. The van der Waals surface area contributed by atoms with Gasteiger partial charge in [0.2, 0.25) is 0 Å². The van der Waals surface area contributed by atoms with Crippen molar-refractivity contribution in [2.45, 2.75) is 6.42 Å². The first kappa shape index (κ1) is 24.5. The molecule has 0 spiro atoms. The van der Waals surface area contributed by atoms with Gasteiger partial charge in [-0.25, -0.2) is 4.79 Å². The minimum Gasteiger partial charge on any atom is -0.426 e. The van der Waals surface area contributed by atoms with E-state index in [4.69, 9.17) is 33.0 Å². The van der Waals surface area contributed by atoms with Gasteiger partial charge in [-0.2, -0.15) is 0 Å². The summed E-state index contributed by atoms with van der Waals surface area (Å²) in [5.74, 6) is -0.561. The van der Waals surface area contributed by atoms with E-state index >= 15 is 0 Å². The third-order valence-electron chi connectivity index (χ3n) is 5.34. The zero-order valence-electron chi connectivity index (χ0n) is 18.4. The van der Waals surface area contributed by atoms with Crippen LogP contribution in [0.25, 0.3) is 27.5 Å². The van der Waals surface area contributed by atoms with Crippen molar-refractivity contribution in [1.29, 1.82) is 0 Å². The molecule has 1 saturated heterocycles. The number of rotatable bonds is 6. The van der Waals surface area contributed by atoms with Gasteiger partial charge in [0.15, 0.2) is 0 Å². The van der Waals surface area contributed by atoms with E-state index in [2.05, 4.69) is 0 Å². The Balaban J connectivity index is 1.35. The number of carbonyl (C=O) groups excluding carboxylic acids is 2.